The number of halogens is 1. The molecule has 0 bridgehead atoms. The van der Waals surface area contributed by atoms with Crippen LogP contribution in [0.4, 0.5) is 10.2 Å². The number of aromatic amines is 1. The van der Waals surface area contributed by atoms with Crippen LogP contribution in [0.3, 0.4) is 0 Å². The van der Waals surface area contributed by atoms with Crippen LogP contribution < -0.4 is 10.5 Å². The van der Waals surface area contributed by atoms with E-state index in [9.17, 15) is 4.39 Å². The van der Waals surface area contributed by atoms with E-state index in [1.807, 2.05) is 0 Å². The largest absolute Gasteiger partial charge is 0.494 e. The lowest BCUT2D eigenvalue weighted by Gasteiger charge is -2.02. The number of nitrogen functional groups attached to an aromatic ring is 1. The Kier molecular flexibility index (Phi) is 2.82. The molecule has 102 valence electrons. The second kappa shape index (κ2) is 4.65. The van der Waals surface area contributed by atoms with Gasteiger partial charge in [-0.15, -0.1) is 0 Å². The second-order valence-corrected chi connectivity index (χ2v) is 3.98. The van der Waals surface area contributed by atoms with Gasteiger partial charge in [0, 0.05) is 11.6 Å². The average Bonchev–Trinajstić information content (AvgIpc) is 3.08. The summed E-state index contributed by atoms with van der Waals surface area (Å²) >= 11 is 0. The van der Waals surface area contributed by atoms with Crippen LogP contribution in [-0.4, -0.2) is 27.4 Å². The Morgan fingerprint density at radius 3 is 2.90 bits per heavy atom. The lowest BCUT2D eigenvalue weighted by molar-refractivity contribution is 0.386. The minimum atomic E-state index is -0.457. The number of nitrogens with zero attached hydrogens (tertiary/aromatic N) is 3. The first kappa shape index (κ1) is 12.2. The molecule has 1 aromatic carbocycles. The van der Waals surface area contributed by atoms with Gasteiger partial charge in [0.15, 0.2) is 11.6 Å². The number of aromatic nitrogens is 4. The van der Waals surface area contributed by atoms with E-state index in [1.165, 1.54) is 25.3 Å². The number of anilines is 1. The summed E-state index contributed by atoms with van der Waals surface area (Å²) in [7, 11) is 1.39. The van der Waals surface area contributed by atoms with Crippen LogP contribution >= 0.6 is 0 Å². The zero-order chi connectivity index (χ0) is 14.1. The lowest BCUT2D eigenvalue weighted by atomic mass is 10.2. The number of methoxy groups -OCH3 is 1. The lowest BCUT2D eigenvalue weighted by Crippen LogP contribution is -1.89. The third-order valence-electron chi connectivity index (χ3n) is 2.66. The Morgan fingerprint density at radius 1 is 1.35 bits per heavy atom. The number of hydrogen-bond acceptors (Lipinski definition) is 6. The van der Waals surface area contributed by atoms with Gasteiger partial charge in [0.1, 0.15) is 11.5 Å². The zero-order valence-corrected chi connectivity index (χ0v) is 10.4. The van der Waals surface area contributed by atoms with Gasteiger partial charge in [-0.3, -0.25) is 5.10 Å². The minimum absolute atomic E-state index is 0.111. The second-order valence-electron chi connectivity index (χ2n) is 3.98. The van der Waals surface area contributed by atoms with E-state index in [2.05, 4.69) is 20.3 Å². The molecule has 3 rings (SSSR count). The quantitative estimate of drug-likeness (QED) is 0.756. The van der Waals surface area contributed by atoms with Crippen LogP contribution in [0, 0.1) is 5.82 Å². The van der Waals surface area contributed by atoms with E-state index in [-0.39, 0.29) is 11.6 Å². The predicted molar refractivity (Wildman–Crippen MR) is 68.2 cm³/mol. The Hall–Kier alpha value is -2.90. The molecule has 2 aromatic heterocycles. The Balaban J connectivity index is 1.97. The van der Waals surface area contributed by atoms with E-state index in [1.54, 1.807) is 6.07 Å². The van der Waals surface area contributed by atoms with Crippen molar-refractivity contribution < 1.29 is 13.7 Å². The van der Waals surface area contributed by atoms with Gasteiger partial charge in [-0.05, 0) is 18.2 Å². The van der Waals surface area contributed by atoms with Gasteiger partial charge in [-0.2, -0.15) is 10.1 Å². The maximum atomic E-state index is 13.3. The van der Waals surface area contributed by atoms with Crippen molar-refractivity contribution in [1.82, 2.24) is 20.3 Å². The highest BCUT2D eigenvalue weighted by atomic mass is 19.1. The number of ether oxygens (including phenoxy) is 1. The number of H-pyrrole nitrogens is 1. The zero-order valence-electron chi connectivity index (χ0n) is 10.4. The number of hydrogen-bond donors (Lipinski definition) is 2. The van der Waals surface area contributed by atoms with Crippen molar-refractivity contribution >= 4 is 5.82 Å². The van der Waals surface area contributed by atoms with Crippen LogP contribution in [0.2, 0.25) is 0 Å². The highest BCUT2D eigenvalue weighted by molar-refractivity contribution is 5.60. The molecule has 7 nitrogen and oxygen atoms in total. The van der Waals surface area contributed by atoms with E-state index < -0.39 is 5.82 Å². The van der Waals surface area contributed by atoms with Crippen molar-refractivity contribution in [1.29, 1.82) is 0 Å². The van der Waals surface area contributed by atoms with E-state index in [0.717, 1.165) is 0 Å². The Morgan fingerprint density at radius 2 is 2.20 bits per heavy atom. The minimum Gasteiger partial charge on any atom is -0.494 e. The van der Waals surface area contributed by atoms with Gasteiger partial charge in [0.25, 0.3) is 5.89 Å². The molecule has 0 aliphatic carbocycles. The summed E-state index contributed by atoms with van der Waals surface area (Å²) in [6.45, 7) is 0. The van der Waals surface area contributed by atoms with Crippen LogP contribution in [0.5, 0.6) is 5.75 Å². The van der Waals surface area contributed by atoms with Crippen LogP contribution in [0.1, 0.15) is 0 Å². The smallest absolute Gasteiger partial charge is 0.276 e. The molecule has 0 fully saturated rings. The summed E-state index contributed by atoms with van der Waals surface area (Å²) in [5.41, 5.74) is 6.58. The average molecular weight is 275 g/mol. The highest BCUT2D eigenvalue weighted by Gasteiger charge is 2.14. The topological polar surface area (TPSA) is 103 Å². The first-order chi connectivity index (χ1) is 9.67. The molecule has 0 atom stereocenters. The molecule has 3 N–H and O–H groups in total. The van der Waals surface area contributed by atoms with Crippen LogP contribution in [-0.2, 0) is 0 Å². The fraction of sp³-hybridized carbons (Fsp3) is 0.0833. The van der Waals surface area contributed by atoms with Crippen molar-refractivity contribution in [2.45, 2.75) is 0 Å². The summed E-state index contributed by atoms with van der Waals surface area (Å²) in [5.74, 6) is 0.531. The Bertz CT molecular complexity index is 752. The van der Waals surface area contributed by atoms with Gasteiger partial charge in [-0.25, -0.2) is 4.39 Å². The van der Waals surface area contributed by atoms with Crippen molar-refractivity contribution in [3.8, 4) is 28.7 Å². The van der Waals surface area contributed by atoms with Gasteiger partial charge >= 0.3 is 0 Å². The maximum absolute atomic E-state index is 13.3. The standard InChI is InChI=1S/C12H10FN5O2/c1-19-9-4-6(2-3-7(9)13)11-15-12(20-18-11)8-5-10(14)17-16-8/h2-5H,1H3,(H3,14,16,17). The molecule has 20 heavy (non-hydrogen) atoms. The third kappa shape index (κ3) is 2.07. The molecular weight excluding hydrogens is 265 g/mol. The van der Waals surface area contributed by atoms with Crippen LogP contribution in [0.15, 0.2) is 28.8 Å². The molecule has 0 saturated carbocycles. The van der Waals surface area contributed by atoms with Crippen molar-refractivity contribution in [2.75, 3.05) is 12.8 Å². The molecule has 0 saturated heterocycles. The summed E-state index contributed by atoms with van der Waals surface area (Å²) in [6, 6.07) is 5.88. The van der Waals surface area contributed by atoms with E-state index in [4.69, 9.17) is 15.0 Å². The number of nitrogens with two attached hydrogens (primary N) is 1. The van der Waals surface area contributed by atoms with Gasteiger partial charge in [0.05, 0.1) is 7.11 Å². The summed E-state index contributed by atoms with van der Waals surface area (Å²) < 4.78 is 23.3. The van der Waals surface area contributed by atoms with Crippen LogP contribution in [0.25, 0.3) is 23.0 Å². The predicted octanol–water partition coefficient (Wildman–Crippen LogP) is 1.86. The normalized spacial score (nSPS) is 10.7. The number of benzene rings is 1. The van der Waals surface area contributed by atoms with Gasteiger partial charge in [0.2, 0.25) is 5.82 Å². The maximum Gasteiger partial charge on any atom is 0.276 e. The fourth-order valence-corrected chi connectivity index (χ4v) is 1.70. The van der Waals surface area contributed by atoms with E-state index in [0.29, 0.717) is 22.9 Å². The SMILES string of the molecule is COc1cc(-c2noc(-c3cc(N)n[nH]3)n2)ccc1F. The van der Waals surface area contributed by atoms with Gasteiger partial charge in [-0.1, -0.05) is 5.16 Å². The molecule has 0 aliphatic heterocycles. The molecule has 3 aromatic rings. The highest BCUT2D eigenvalue weighted by Crippen LogP contribution is 2.26. The molecule has 0 amide bonds. The number of nitrogens with one attached hydrogen (secondary N) is 1. The molecule has 0 spiro atoms. The monoisotopic (exact) mass is 275 g/mol. The molecule has 8 heteroatoms. The summed E-state index contributed by atoms with van der Waals surface area (Å²) in [5, 5.41) is 10.3. The Labute approximate surface area is 112 Å². The van der Waals surface area contributed by atoms with E-state index >= 15 is 0 Å². The molecule has 0 unspecified atom stereocenters. The third-order valence-corrected chi connectivity index (χ3v) is 2.66. The summed E-state index contributed by atoms with van der Waals surface area (Å²) in [4.78, 5) is 4.19. The first-order valence-corrected chi connectivity index (χ1v) is 5.66. The van der Waals surface area contributed by atoms with Crippen molar-refractivity contribution in [3.63, 3.8) is 0 Å². The molecular formula is C12H10FN5O2. The fourth-order valence-electron chi connectivity index (χ4n) is 1.70. The molecule has 0 radical (unpaired) electrons. The first-order valence-electron chi connectivity index (χ1n) is 5.66. The molecule has 2 heterocycles. The van der Waals surface area contributed by atoms with Crippen molar-refractivity contribution in [3.05, 3.63) is 30.1 Å². The summed E-state index contributed by atoms with van der Waals surface area (Å²) in [6.07, 6.45) is 0. The molecule has 0 aliphatic rings. The van der Waals surface area contributed by atoms with Gasteiger partial charge < -0.3 is 15.0 Å². The number of rotatable bonds is 3. The van der Waals surface area contributed by atoms with Crippen molar-refractivity contribution in [2.24, 2.45) is 0 Å².